The number of nitrogens with two attached hydrogens (primary N) is 5. The van der Waals surface area contributed by atoms with E-state index in [0.717, 1.165) is 0 Å². The van der Waals surface area contributed by atoms with Crippen molar-refractivity contribution in [3.05, 3.63) is 0 Å². The number of hydrogen-bond acceptors (Lipinski definition) is 7. The zero-order valence-electron chi connectivity index (χ0n) is 22.8. The minimum atomic E-state index is -1.25. The topological polar surface area (TPSA) is 279 Å². The average molecular weight is 543 g/mol. The lowest BCUT2D eigenvalue weighted by Gasteiger charge is -2.28. The second-order valence-electron chi connectivity index (χ2n) is 9.50. The smallest absolute Gasteiger partial charge is 0.326 e. The zero-order chi connectivity index (χ0) is 29.4. The number of carboxylic acid groups (broad SMARTS) is 1. The summed E-state index contributed by atoms with van der Waals surface area (Å²) >= 11 is 0. The molecule has 0 spiro atoms. The normalized spacial score (nSPS) is 14.8. The second kappa shape index (κ2) is 17.8. The van der Waals surface area contributed by atoms with E-state index in [1.54, 1.807) is 20.8 Å². The van der Waals surface area contributed by atoms with Gasteiger partial charge in [0.15, 0.2) is 11.9 Å². The summed E-state index contributed by atoms with van der Waals surface area (Å²) in [6.45, 7) is 7.60. The molecule has 0 heterocycles. The van der Waals surface area contributed by atoms with Crippen molar-refractivity contribution in [2.45, 2.75) is 84.0 Å². The molecule has 0 unspecified atom stereocenters. The Balaban J connectivity index is 5.68. The Morgan fingerprint density at radius 2 is 1.24 bits per heavy atom. The van der Waals surface area contributed by atoms with Crippen LogP contribution >= 0.6 is 0 Å². The maximum absolute atomic E-state index is 13.3. The van der Waals surface area contributed by atoms with Crippen LogP contribution in [0.1, 0.15) is 59.8 Å². The number of nitrogens with one attached hydrogen (secondary N) is 3. The average Bonchev–Trinajstić information content (AvgIpc) is 2.84. The van der Waals surface area contributed by atoms with Gasteiger partial charge in [-0.25, -0.2) is 4.79 Å². The van der Waals surface area contributed by atoms with Crippen LogP contribution in [0.3, 0.4) is 0 Å². The summed E-state index contributed by atoms with van der Waals surface area (Å²) in [4.78, 5) is 58.3. The molecule has 0 radical (unpaired) electrons. The molecule has 0 saturated carbocycles. The molecule has 0 aromatic rings. The molecule has 0 rings (SSSR count). The number of rotatable bonds is 18. The number of carboxylic acids is 1. The van der Waals surface area contributed by atoms with Crippen molar-refractivity contribution in [1.82, 2.24) is 16.0 Å². The Kier molecular flexibility index (Phi) is 16.1. The highest BCUT2D eigenvalue weighted by molar-refractivity contribution is 5.94. The summed E-state index contributed by atoms with van der Waals surface area (Å²) in [5, 5.41) is 17.4. The Hall–Kier alpha value is -3.62. The lowest BCUT2D eigenvalue weighted by atomic mass is 9.96. The molecule has 0 saturated heterocycles. The monoisotopic (exact) mass is 542 g/mol. The minimum Gasteiger partial charge on any atom is -0.480 e. The number of nitrogens with zero attached hydrogens (tertiary/aromatic N) is 2. The van der Waals surface area contributed by atoms with Crippen molar-refractivity contribution < 1.29 is 24.3 Å². The molecule has 0 aliphatic rings. The lowest BCUT2D eigenvalue weighted by Crippen LogP contribution is -2.59. The first kappa shape index (κ1) is 34.4. The van der Waals surface area contributed by atoms with Crippen LogP contribution in [0.5, 0.6) is 0 Å². The standard InChI is InChI=1S/C23H46N10O5/c1-5-13(4)17(33-19(35)16(24)12(2)3)20(36)31-14(8-6-10-29-22(25)26)18(34)32-15(21(37)38)9-7-11-30-23(27)28/h12-17H,5-11,24H2,1-4H3,(H,31,36)(H,32,34)(H,33,35)(H,37,38)(H4,25,26,29)(H4,27,28,30)/t13-,14-,15-,16-,17-/m0/s1. The SMILES string of the molecule is CC[C@H](C)[C@H](NC(=O)[C@@H](N)C(C)C)C(=O)N[C@@H](CCCN=C(N)N)C(=O)N[C@@H](CCCN=C(N)N)C(=O)O. The molecule has 0 aliphatic heterocycles. The van der Waals surface area contributed by atoms with Crippen LogP contribution in [0.4, 0.5) is 0 Å². The molecule has 0 bridgehead atoms. The number of carbonyl (C=O) groups excluding carboxylic acids is 3. The van der Waals surface area contributed by atoms with Crippen LogP contribution in [-0.4, -0.2) is 78.0 Å². The van der Waals surface area contributed by atoms with E-state index >= 15 is 0 Å². The molecule has 0 fully saturated rings. The summed E-state index contributed by atoms with van der Waals surface area (Å²) in [5.41, 5.74) is 27.2. The predicted octanol–water partition coefficient (Wildman–Crippen LogP) is -2.34. The first-order valence-corrected chi connectivity index (χ1v) is 12.7. The van der Waals surface area contributed by atoms with Crippen LogP contribution < -0.4 is 44.6 Å². The van der Waals surface area contributed by atoms with Gasteiger partial charge in [0.1, 0.15) is 18.1 Å². The molecule has 5 atom stereocenters. The highest BCUT2D eigenvalue weighted by atomic mass is 16.4. The molecule has 38 heavy (non-hydrogen) atoms. The molecule has 0 aliphatic carbocycles. The molecule has 3 amide bonds. The quantitative estimate of drug-likeness (QED) is 0.0505. The van der Waals surface area contributed by atoms with Gasteiger partial charge in [0.05, 0.1) is 6.04 Å². The molecule has 218 valence electrons. The molecule has 15 nitrogen and oxygen atoms in total. The van der Waals surface area contributed by atoms with Gasteiger partial charge in [0.25, 0.3) is 0 Å². The highest BCUT2D eigenvalue weighted by Gasteiger charge is 2.32. The number of amides is 3. The van der Waals surface area contributed by atoms with Crippen LogP contribution in [-0.2, 0) is 19.2 Å². The highest BCUT2D eigenvalue weighted by Crippen LogP contribution is 2.11. The zero-order valence-corrected chi connectivity index (χ0v) is 22.8. The van der Waals surface area contributed by atoms with Gasteiger partial charge in [-0.2, -0.15) is 0 Å². The van der Waals surface area contributed by atoms with Crippen molar-refractivity contribution in [3.8, 4) is 0 Å². The van der Waals surface area contributed by atoms with Crippen LogP contribution in [0.25, 0.3) is 0 Å². The molecule has 15 heteroatoms. The third-order valence-electron chi connectivity index (χ3n) is 5.95. The summed E-state index contributed by atoms with van der Waals surface area (Å²) in [6, 6.07) is -4.12. The first-order valence-electron chi connectivity index (χ1n) is 12.7. The van der Waals surface area contributed by atoms with Gasteiger partial charge in [0.2, 0.25) is 17.7 Å². The molecular weight excluding hydrogens is 496 g/mol. The van der Waals surface area contributed by atoms with Crippen molar-refractivity contribution in [2.75, 3.05) is 13.1 Å². The van der Waals surface area contributed by atoms with Crippen molar-refractivity contribution in [2.24, 2.45) is 50.5 Å². The Labute approximate surface area is 223 Å². The van der Waals surface area contributed by atoms with Gasteiger partial charge in [-0.15, -0.1) is 0 Å². The Morgan fingerprint density at radius 3 is 1.66 bits per heavy atom. The molecular formula is C23H46N10O5. The summed E-state index contributed by atoms with van der Waals surface area (Å²) in [7, 11) is 0. The fraction of sp³-hybridized carbons (Fsp3) is 0.739. The van der Waals surface area contributed by atoms with Gasteiger partial charge >= 0.3 is 5.97 Å². The molecule has 0 aromatic heterocycles. The van der Waals surface area contributed by atoms with E-state index in [0.29, 0.717) is 19.3 Å². The van der Waals surface area contributed by atoms with Gasteiger partial charge in [-0.1, -0.05) is 34.1 Å². The van der Waals surface area contributed by atoms with E-state index in [1.165, 1.54) is 0 Å². The number of aliphatic carboxylic acids is 1. The maximum atomic E-state index is 13.3. The van der Waals surface area contributed by atoms with Crippen LogP contribution in [0.2, 0.25) is 0 Å². The number of hydrogen-bond donors (Lipinski definition) is 9. The Bertz CT molecular complexity index is 840. The van der Waals surface area contributed by atoms with Gasteiger partial charge in [-0.05, 0) is 37.5 Å². The van der Waals surface area contributed by atoms with Gasteiger partial charge in [0, 0.05) is 13.1 Å². The van der Waals surface area contributed by atoms with Crippen molar-refractivity contribution in [3.63, 3.8) is 0 Å². The summed E-state index contributed by atoms with van der Waals surface area (Å²) < 4.78 is 0. The maximum Gasteiger partial charge on any atom is 0.326 e. The van der Waals surface area contributed by atoms with E-state index in [1.807, 2.05) is 6.92 Å². The van der Waals surface area contributed by atoms with Gasteiger partial charge in [-0.3, -0.25) is 24.4 Å². The fourth-order valence-corrected chi connectivity index (χ4v) is 3.32. The van der Waals surface area contributed by atoms with Crippen LogP contribution in [0, 0.1) is 11.8 Å². The van der Waals surface area contributed by atoms with E-state index in [2.05, 4.69) is 25.9 Å². The fourth-order valence-electron chi connectivity index (χ4n) is 3.32. The minimum absolute atomic E-state index is 0.0607. The van der Waals surface area contributed by atoms with Crippen molar-refractivity contribution in [1.29, 1.82) is 0 Å². The van der Waals surface area contributed by atoms with Crippen molar-refractivity contribution >= 4 is 35.6 Å². The summed E-state index contributed by atoms with van der Waals surface area (Å²) in [5.74, 6) is -3.70. The largest absolute Gasteiger partial charge is 0.480 e. The van der Waals surface area contributed by atoms with E-state index in [9.17, 15) is 24.3 Å². The third-order valence-corrected chi connectivity index (χ3v) is 5.95. The Morgan fingerprint density at radius 1 is 0.763 bits per heavy atom. The number of aliphatic imine (C=N–C) groups is 2. The first-order chi connectivity index (χ1) is 17.7. The number of guanidine groups is 2. The van der Waals surface area contributed by atoms with E-state index in [4.69, 9.17) is 28.7 Å². The van der Waals surface area contributed by atoms with E-state index in [-0.39, 0.29) is 49.7 Å². The van der Waals surface area contributed by atoms with Gasteiger partial charge < -0.3 is 49.7 Å². The third kappa shape index (κ3) is 13.6. The molecule has 0 aromatic carbocycles. The summed E-state index contributed by atoms with van der Waals surface area (Å²) in [6.07, 6.45) is 1.35. The lowest BCUT2D eigenvalue weighted by molar-refractivity contribution is -0.142. The van der Waals surface area contributed by atoms with E-state index < -0.39 is 47.9 Å². The second-order valence-corrected chi connectivity index (χ2v) is 9.50. The predicted molar refractivity (Wildman–Crippen MR) is 146 cm³/mol. The molecule has 14 N–H and O–H groups in total. The number of carbonyl (C=O) groups is 4. The van der Waals surface area contributed by atoms with Crippen LogP contribution in [0.15, 0.2) is 9.98 Å².